The van der Waals surface area contributed by atoms with Gasteiger partial charge in [0.1, 0.15) is 0 Å². The van der Waals surface area contributed by atoms with Crippen molar-refractivity contribution in [1.82, 2.24) is 4.90 Å². The van der Waals surface area contributed by atoms with E-state index in [0.29, 0.717) is 0 Å². The number of carbonyl (C=O) groups excluding carboxylic acids is 1. The molecule has 2 aromatic carbocycles. The molecule has 0 heterocycles. The van der Waals surface area contributed by atoms with Gasteiger partial charge in [0.25, 0.3) is 0 Å². The van der Waals surface area contributed by atoms with Gasteiger partial charge in [0.2, 0.25) is 5.91 Å². The van der Waals surface area contributed by atoms with Gasteiger partial charge < -0.3 is 4.90 Å². The molecule has 0 saturated carbocycles. The molecule has 0 saturated heterocycles. The normalized spacial score (nSPS) is 11.7. The molecule has 5 heteroatoms. The van der Waals surface area contributed by atoms with Crippen LogP contribution in [0.4, 0.5) is 13.2 Å². The molecule has 0 fully saturated rings. The third-order valence-corrected chi connectivity index (χ3v) is 3.57. The predicted molar refractivity (Wildman–Crippen MR) is 88.1 cm³/mol. The van der Waals surface area contributed by atoms with Gasteiger partial charge >= 0.3 is 6.18 Å². The molecule has 0 aliphatic carbocycles. The largest absolute Gasteiger partial charge is 0.416 e. The Bertz CT molecular complexity index is 750. The van der Waals surface area contributed by atoms with Crippen LogP contribution in [0.5, 0.6) is 0 Å². The van der Waals surface area contributed by atoms with Crippen LogP contribution in [-0.2, 0) is 17.5 Å². The highest BCUT2D eigenvalue weighted by Gasteiger charge is 2.33. The highest BCUT2D eigenvalue weighted by molar-refractivity contribution is 5.91. The van der Waals surface area contributed by atoms with Crippen LogP contribution < -0.4 is 0 Å². The van der Waals surface area contributed by atoms with Gasteiger partial charge in [0.15, 0.2) is 0 Å². The smallest absolute Gasteiger partial charge is 0.338 e. The lowest BCUT2D eigenvalue weighted by molar-refractivity contribution is -0.139. The molecule has 2 rings (SSSR count). The Morgan fingerprint density at radius 3 is 2.50 bits per heavy atom. The van der Waals surface area contributed by atoms with Gasteiger partial charge in [-0.3, -0.25) is 4.79 Å². The number of likely N-dealkylation sites (N-methyl/N-ethyl adjacent to an activating group) is 1. The molecule has 2 aromatic rings. The number of rotatable bonds is 4. The van der Waals surface area contributed by atoms with Crippen LogP contribution in [0, 0.1) is 6.92 Å². The summed E-state index contributed by atoms with van der Waals surface area (Å²) >= 11 is 0. The Balaban J connectivity index is 2.10. The van der Waals surface area contributed by atoms with Crippen molar-refractivity contribution in [2.24, 2.45) is 0 Å². The first-order valence-electron chi connectivity index (χ1n) is 7.42. The topological polar surface area (TPSA) is 20.3 Å². The summed E-state index contributed by atoms with van der Waals surface area (Å²) in [6, 6.07) is 12.9. The van der Waals surface area contributed by atoms with Gasteiger partial charge in [-0.2, -0.15) is 13.2 Å². The number of hydrogen-bond donors (Lipinski definition) is 0. The maximum atomic E-state index is 13.0. The number of amides is 1. The van der Waals surface area contributed by atoms with Crippen LogP contribution in [0.15, 0.2) is 54.6 Å². The number of nitrogens with zero attached hydrogens (tertiary/aromatic N) is 1. The van der Waals surface area contributed by atoms with E-state index in [2.05, 4.69) is 0 Å². The summed E-state index contributed by atoms with van der Waals surface area (Å²) in [6.07, 6.45) is -1.41. The summed E-state index contributed by atoms with van der Waals surface area (Å²) in [6.45, 7) is 1.84. The highest BCUT2D eigenvalue weighted by Crippen LogP contribution is 2.32. The van der Waals surface area contributed by atoms with Gasteiger partial charge in [-0.1, -0.05) is 48.0 Å². The minimum Gasteiger partial charge on any atom is -0.338 e. The van der Waals surface area contributed by atoms with Gasteiger partial charge in [0.05, 0.1) is 5.56 Å². The minimum atomic E-state index is -4.43. The maximum absolute atomic E-state index is 13.0. The number of hydrogen-bond acceptors (Lipinski definition) is 1. The molecule has 1 amide bonds. The molecule has 0 radical (unpaired) electrons. The van der Waals surface area contributed by atoms with Crippen LogP contribution in [0.3, 0.4) is 0 Å². The van der Waals surface area contributed by atoms with Gasteiger partial charge in [-0.15, -0.1) is 0 Å². The molecule has 0 atom stereocenters. The van der Waals surface area contributed by atoms with Crippen LogP contribution in [0.1, 0.15) is 22.3 Å². The van der Waals surface area contributed by atoms with E-state index in [-0.39, 0.29) is 18.0 Å². The minimum absolute atomic E-state index is 0.0739. The van der Waals surface area contributed by atoms with Crippen molar-refractivity contribution in [3.8, 4) is 0 Å². The Hall–Kier alpha value is -2.56. The van der Waals surface area contributed by atoms with Crippen LogP contribution in [0.2, 0.25) is 0 Å². The van der Waals surface area contributed by atoms with Gasteiger partial charge in [-0.05, 0) is 30.2 Å². The number of alkyl halides is 3. The van der Waals surface area contributed by atoms with Crippen molar-refractivity contribution >= 4 is 12.0 Å². The molecular weight excluding hydrogens is 315 g/mol. The van der Waals surface area contributed by atoms with E-state index < -0.39 is 11.7 Å². The standard InChI is InChI=1S/C19H18F3NO/c1-14-6-5-7-15(12-14)10-11-18(24)23(2)13-16-8-3-4-9-17(16)19(20,21)22/h3-12H,13H2,1-2H3/b11-10+. The molecule has 126 valence electrons. The lowest BCUT2D eigenvalue weighted by Gasteiger charge is -2.19. The molecule has 0 spiro atoms. The highest BCUT2D eigenvalue weighted by atomic mass is 19.4. The fourth-order valence-electron chi connectivity index (χ4n) is 2.34. The zero-order valence-electron chi connectivity index (χ0n) is 13.5. The van der Waals surface area contributed by atoms with E-state index >= 15 is 0 Å². The van der Waals surface area contributed by atoms with Crippen LogP contribution in [-0.4, -0.2) is 17.9 Å². The van der Waals surface area contributed by atoms with E-state index in [4.69, 9.17) is 0 Å². The van der Waals surface area contributed by atoms with E-state index in [0.717, 1.165) is 17.2 Å². The third kappa shape index (κ3) is 4.72. The Morgan fingerprint density at radius 2 is 1.83 bits per heavy atom. The summed E-state index contributed by atoms with van der Waals surface area (Å²) in [7, 11) is 1.48. The molecule has 0 aliphatic heterocycles. The fourth-order valence-corrected chi connectivity index (χ4v) is 2.34. The van der Waals surface area contributed by atoms with Crippen molar-refractivity contribution in [3.05, 3.63) is 76.9 Å². The zero-order valence-corrected chi connectivity index (χ0v) is 13.5. The molecule has 0 bridgehead atoms. The van der Waals surface area contributed by atoms with Crippen molar-refractivity contribution in [2.75, 3.05) is 7.05 Å². The molecule has 0 aliphatic rings. The molecular formula is C19H18F3NO. The number of carbonyl (C=O) groups is 1. The maximum Gasteiger partial charge on any atom is 0.416 e. The molecule has 0 unspecified atom stereocenters. The molecule has 24 heavy (non-hydrogen) atoms. The number of aryl methyl sites for hydroxylation is 1. The quantitative estimate of drug-likeness (QED) is 0.744. The van der Waals surface area contributed by atoms with Crippen molar-refractivity contribution < 1.29 is 18.0 Å². The van der Waals surface area contributed by atoms with Crippen LogP contribution >= 0.6 is 0 Å². The van der Waals surface area contributed by atoms with E-state index in [1.807, 2.05) is 31.2 Å². The SMILES string of the molecule is Cc1cccc(/C=C/C(=O)N(C)Cc2ccccc2C(F)(F)F)c1. The van der Waals surface area contributed by atoms with E-state index in [1.165, 1.54) is 36.2 Å². The second-order valence-electron chi connectivity index (χ2n) is 5.60. The van der Waals surface area contributed by atoms with Crippen molar-refractivity contribution in [2.45, 2.75) is 19.6 Å². The average molecular weight is 333 g/mol. The summed E-state index contributed by atoms with van der Waals surface area (Å²) in [4.78, 5) is 13.4. The Morgan fingerprint density at radius 1 is 1.12 bits per heavy atom. The summed E-state index contributed by atoms with van der Waals surface area (Å²) in [5.41, 5.74) is 1.29. The number of benzene rings is 2. The van der Waals surface area contributed by atoms with Crippen LogP contribution in [0.25, 0.3) is 6.08 Å². The number of halogens is 3. The third-order valence-electron chi connectivity index (χ3n) is 3.57. The first kappa shape index (κ1) is 17.8. The second-order valence-corrected chi connectivity index (χ2v) is 5.60. The van der Waals surface area contributed by atoms with Gasteiger partial charge in [0, 0.05) is 19.7 Å². The first-order valence-corrected chi connectivity index (χ1v) is 7.42. The summed E-state index contributed by atoms with van der Waals surface area (Å²) in [5.74, 6) is -0.353. The zero-order chi connectivity index (χ0) is 17.7. The van der Waals surface area contributed by atoms with Crippen molar-refractivity contribution in [1.29, 1.82) is 0 Å². The first-order chi connectivity index (χ1) is 11.3. The predicted octanol–water partition coefficient (Wildman–Crippen LogP) is 4.69. The molecule has 0 aromatic heterocycles. The van der Waals surface area contributed by atoms with E-state index in [1.54, 1.807) is 6.08 Å². The monoisotopic (exact) mass is 333 g/mol. The Kier molecular flexibility index (Phi) is 5.44. The molecule has 2 nitrogen and oxygen atoms in total. The molecule has 0 N–H and O–H groups in total. The summed E-state index contributed by atoms with van der Waals surface area (Å²) < 4.78 is 39.0. The average Bonchev–Trinajstić information content (AvgIpc) is 2.52. The lowest BCUT2D eigenvalue weighted by Crippen LogP contribution is -2.25. The second kappa shape index (κ2) is 7.34. The van der Waals surface area contributed by atoms with Gasteiger partial charge in [-0.25, -0.2) is 0 Å². The van der Waals surface area contributed by atoms with E-state index in [9.17, 15) is 18.0 Å². The van der Waals surface area contributed by atoms with Crippen molar-refractivity contribution in [3.63, 3.8) is 0 Å². The lowest BCUT2D eigenvalue weighted by atomic mass is 10.1. The fraction of sp³-hybridized carbons (Fsp3) is 0.211. The summed E-state index contributed by atoms with van der Waals surface area (Å²) in [5, 5.41) is 0. The Labute approximate surface area is 139 Å².